The molecule has 0 aliphatic heterocycles. The predicted molar refractivity (Wildman–Crippen MR) is 90.0 cm³/mol. The molecule has 1 heterocycles. The molecule has 0 fully saturated rings. The van der Waals surface area contributed by atoms with Gasteiger partial charge in [-0.1, -0.05) is 6.07 Å². The summed E-state index contributed by atoms with van der Waals surface area (Å²) >= 11 is 0. The average Bonchev–Trinajstić information content (AvgIpc) is 2.53. The van der Waals surface area contributed by atoms with Crippen LogP contribution in [0.2, 0.25) is 0 Å². The zero-order valence-corrected chi connectivity index (χ0v) is 14.2. The van der Waals surface area contributed by atoms with E-state index in [1.165, 1.54) is 0 Å². The molecule has 0 saturated carbocycles. The zero-order valence-electron chi connectivity index (χ0n) is 13.4. The van der Waals surface area contributed by atoms with Gasteiger partial charge in [-0.3, -0.25) is 4.98 Å². The van der Waals surface area contributed by atoms with Gasteiger partial charge in [-0.25, -0.2) is 13.1 Å². The molecule has 124 valence electrons. The standard InChI is InChI=1S/C17H22N2O3S/c1-14(2)22-16-8-10-17(11-9-16)23(20,21)19-13-5-7-15-6-3-4-12-18-15/h3-4,6,8-12,14,19H,5,7,13H2,1-2H3. The number of hydrogen-bond acceptors (Lipinski definition) is 4. The lowest BCUT2D eigenvalue weighted by molar-refractivity contribution is 0.242. The van der Waals surface area contributed by atoms with Crippen LogP contribution in [0.25, 0.3) is 0 Å². The number of hydrogen-bond donors (Lipinski definition) is 1. The molecule has 0 spiro atoms. The van der Waals surface area contributed by atoms with Crippen molar-refractivity contribution in [3.8, 4) is 5.75 Å². The predicted octanol–water partition coefficient (Wildman–Crippen LogP) is 2.78. The summed E-state index contributed by atoms with van der Waals surface area (Å²) in [5.41, 5.74) is 0.960. The molecule has 1 N–H and O–H groups in total. The first-order valence-electron chi connectivity index (χ1n) is 7.64. The van der Waals surface area contributed by atoms with E-state index in [9.17, 15) is 8.42 Å². The highest BCUT2D eigenvalue weighted by Crippen LogP contribution is 2.17. The quantitative estimate of drug-likeness (QED) is 0.754. The van der Waals surface area contributed by atoms with Crippen molar-refractivity contribution in [2.24, 2.45) is 0 Å². The van der Waals surface area contributed by atoms with Gasteiger partial charge in [0.05, 0.1) is 11.0 Å². The average molecular weight is 334 g/mol. The molecule has 5 nitrogen and oxygen atoms in total. The second-order valence-electron chi connectivity index (χ2n) is 5.46. The third kappa shape index (κ3) is 5.65. The van der Waals surface area contributed by atoms with Crippen molar-refractivity contribution in [3.63, 3.8) is 0 Å². The molecule has 0 saturated heterocycles. The largest absolute Gasteiger partial charge is 0.491 e. The van der Waals surface area contributed by atoms with Gasteiger partial charge in [0.15, 0.2) is 0 Å². The summed E-state index contributed by atoms with van der Waals surface area (Å²) in [4.78, 5) is 4.46. The fourth-order valence-corrected chi connectivity index (χ4v) is 3.15. The minimum Gasteiger partial charge on any atom is -0.491 e. The number of rotatable bonds is 8. The summed E-state index contributed by atoms with van der Waals surface area (Å²) in [6, 6.07) is 12.2. The van der Waals surface area contributed by atoms with Crippen molar-refractivity contribution >= 4 is 10.0 Å². The topological polar surface area (TPSA) is 68.3 Å². The molecule has 0 unspecified atom stereocenters. The smallest absolute Gasteiger partial charge is 0.240 e. The van der Waals surface area contributed by atoms with E-state index in [0.29, 0.717) is 18.7 Å². The minimum atomic E-state index is -3.49. The van der Waals surface area contributed by atoms with Crippen LogP contribution < -0.4 is 9.46 Å². The molecular formula is C17H22N2O3S. The van der Waals surface area contributed by atoms with Crippen LogP contribution in [-0.2, 0) is 16.4 Å². The summed E-state index contributed by atoms with van der Waals surface area (Å²) in [6.45, 7) is 4.23. The van der Waals surface area contributed by atoms with Crippen LogP contribution in [0.1, 0.15) is 26.0 Å². The number of nitrogens with one attached hydrogen (secondary N) is 1. The van der Waals surface area contributed by atoms with Crippen molar-refractivity contribution in [2.45, 2.75) is 37.7 Å². The highest BCUT2D eigenvalue weighted by molar-refractivity contribution is 7.89. The van der Waals surface area contributed by atoms with Gasteiger partial charge in [0, 0.05) is 18.4 Å². The first-order chi connectivity index (χ1) is 11.0. The van der Waals surface area contributed by atoms with Gasteiger partial charge in [-0.15, -0.1) is 0 Å². The Kier molecular flexibility index (Phi) is 6.12. The van der Waals surface area contributed by atoms with Crippen LogP contribution in [0.3, 0.4) is 0 Å². The molecule has 2 aromatic rings. The monoisotopic (exact) mass is 334 g/mol. The van der Waals surface area contributed by atoms with Crippen molar-refractivity contribution in [1.29, 1.82) is 0 Å². The van der Waals surface area contributed by atoms with Crippen LogP contribution in [0.4, 0.5) is 0 Å². The highest BCUT2D eigenvalue weighted by Gasteiger charge is 2.13. The van der Waals surface area contributed by atoms with Gasteiger partial charge < -0.3 is 4.74 Å². The van der Waals surface area contributed by atoms with Crippen LogP contribution >= 0.6 is 0 Å². The van der Waals surface area contributed by atoms with Crippen molar-refractivity contribution in [1.82, 2.24) is 9.71 Å². The van der Waals surface area contributed by atoms with Crippen LogP contribution in [0, 0.1) is 0 Å². The second kappa shape index (κ2) is 8.08. The van der Waals surface area contributed by atoms with Gasteiger partial charge >= 0.3 is 0 Å². The first kappa shape index (κ1) is 17.4. The maximum atomic E-state index is 12.2. The summed E-state index contributed by atoms with van der Waals surface area (Å²) in [7, 11) is -3.49. The summed E-state index contributed by atoms with van der Waals surface area (Å²) < 4.78 is 32.5. The first-order valence-corrected chi connectivity index (χ1v) is 9.12. The Bertz CT molecular complexity index is 698. The number of ether oxygens (including phenoxy) is 1. The van der Waals surface area contributed by atoms with Gasteiger partial charge in [0.25, 0.3) is 0 Å². The fourth-order valence-electron chi connectivity index (χ4n) is 2.07. The minimum absolute atomic E-state index is 0.0576. The van der Waals surface area contributed by atoms with E-state index in [1.54, 1.807) is 30.5 Å². The van der Waals surface area contributed by atoms with Crippen molar-refractivity contribution in [3.05, 3.63) is 54.4 Å². The van der Waals surface area contributed by atoms with E-state index in [2.05, 4.69) is 9.71 Å². The Hall–Kier alpha value is -1.92. The Morgan fingerprint density at radius 3 is 2.48 bits per heavy atom. The number of pyridine rings is 1. The van der Waals surface area contributed by atoms with Gasteiger partial charge in [-0.2, -0.15) is 0 Å². The van der Waals surface area contributed by atoms with Gasteiger partial charge in [0.2, 0.25) is 10.0 Å². The Morgan fingerprint density at radius 2 is 1.87 bits per heavy atom. The molecule has 23 heavy (non-hydrogen) atoms. The molecule has 0 aliphatic rings. The third-order valence-corrected chi connectivity index (χ3v) is 4.61. The molecule has 6 heteroatoms. The summed E-state index contributed by atoms with van der Waals surface area (Å²) in [5, 5.41) is 0. The lowest BCUT2D eigenvalue weighted by Gasteiger charge is -2.11. The molecule has 0 radical (unpaired) electrons. The van der Waals surface area contributed by atoms with Crippen molar-refractivity contribution < 1.29 is 13.2 Å². The number of nitrogens with zero attached hydrogens (tertiary/aromatic N) is 1. The van der Waals surface area contributed by atoms with E-state index in [-0.39, 0.29) is 11.0 Å². The lowest BCUT2D eigenvalue weighted by atomic mass is 10.2. The fraction of sp³-hybridized carbons (Fsp3) is 0.353. The number of aryl methyl sites for hydroxylation is 1. The Labute approximate surface area is 137 Å². The molecule has 1 aromatic carbocycles. The maximum absolute atomic E-state index is 12.2. The SMILES string of the molecule is CC(C)Oc1ccc(S(=O)(=O)NCCCc2ccccn2)cc1. The molecule has 2 rings (SSSR count). The molecular weight excluding hydrogens is 312 g/mol. The van der Waals surface area contributed by atoms with Crippen LogP contribution in [0.15, 0.2) is 53.6 Å². The normalized spacial score (nSPS) is 11.6. The number of sulfonamides is 1. The number of aromatic nitrogens is 1. The molecule has 0 atom stereocenters. The summed E-state index contributed by atoms with van der Waals surface area (Å²) in [6.07, 6.45) is 3.23. The van der Waals surface area contributed by atoms with Crippen molar-refractivity contribution in [2.75, 3.05) is 6.54 Å². The van der Waals surface area contributed by atoms with E-state index in [0.717, 1.165) is 12.1 Å². The van der Waals surface area contributed by atoms with E-state index < -0.39 is 10.0 Å². The van der Waals surface area contributed by atoms with Crippen LogP contribution in [0.5, 0.6) is 5.75 Å². The van der Waals surface area contributed by atoms with Crippen LogP contribution in [-0.4, -0.2) is 26.1 Å². The van der Waals surface area contributed by atoms with Gasteiger partial charge in [-0.05, 0) is 63.1 Å². The van der Waals surface area contributed by atoms with Gasteiger partial charge in [0.1, 0.15) is 5.75 Å². The maximum Gasteiger partial charge on any atom is 0.240 e. The summed E-state index contributed by atoms with van der Waals surface area (Å²) in [5.74, 6) is 0.661. The molecule has 0 aliphatic carbocycles. The van der Waals surface area contributed by atoms with E-state index >= 15 is 0 Å². The highest BCUT2D eigenvalue weighted by atomic mass is 32.2. The van der Waals surface area contributed by atoms with E-state index in [1.807, 2.05) is 32.0 Å². The van der Waals surface area contributed by atoms with E-state index in [4.69, 9.17) is 4.74 Å². The third-order valence-electron chi connectivity index (χ3n) is 3.13. The zero-order chi connectivity index (χ0) is 16.7. The second-order valence-corrected chi connectivity index (χ2v) is 7.23. The Balaban J connectivity index is 1.86. The molecule has 0 amide bonds. The molecule has 1 aromatic heterocycles. The molecule has 0 bridgehead atoms. The Morgan fingerprint density at radius 1 is 1.13 bits per heavy atom. The number of benzene rings is 1. The lowest BCUT2D eigenvalue weighted by Crippen LogP contribution is -2.25.